The third-order valence-corrected chi connectivity index (χ3v) is 4.01. The summed E-state index contributed by atoms with van der Waals surface area (Å²) in [6.45, 7) is 2.63. The van der Waals surface area contributed by atoms with Gasteiger partial charge in [0, 0.05) is 18.3 Å². The zero-order valence-corrected chi connectivity index (χ0v) is 12.6. The van der Waals surface area contributed by atoms with E-state index in [4.69, 9.17) is 5.73 Å². The maximum absolute atomic E-state index is 12.4. The molecule has 1 aliphatic rings. The Labute approximate surface area is 126 Å². The average molecular weight is 291 g/mol. The van der Waals surface area contributed by atoms with Crippen molar-refractivity contribution < 1.29 is 9.90 Å². The SMILES string of the molecule is CC(N)c1cccc(NC(=O)N2CCCCCC2CO)c1. The highest BCUT2D eigenvalue weighted by Crippen LogP contribution is 2.20. The number of urea groups is 1. The first-order valence-electron chi connectivity index (χ1n) is 7.66. The molecule has 0 aliphatic carbocycles. The zero-order valence-electron chi connectivity index (χ0n) is 12.6. The first-order valence-corrected chi connectivity index (χ1v) is 7.66. The Hall–Kier alpha value is -1.59. The van der Waals surface area contributed by atoms with Crippen LogP contribution in [0.25, 0.3) is 0 Å². The summed E-state index contributed by atoms with van der Waals surface area (Å²) in [4.78, 5) is 14.2. The van der Waals surface area contributed by atoms with E-state index in [-0.39, 0.29) is 24.7 Å². The van der Waals surface area contributed by atoms with Crippen molar-refractivity contribution in [1.29, 1.82) is 0 Å². The summed E-state index contributed by atoms with van der Waals surface area (Å²) in [6, 6.07) is 7.31. The van der Waals surface area contributed by atoms with E-state index in [0.717, 1.165) is 36.9 Å². The predicted molar refractivity (Wildman–Crippen MR) is 84.1 cm³/mol. The van der Waals surface area contributed by atoms with Gasteiger partial charge in [-0.1, -0.05) is 25.0 Å². The molecule has 1 aliphatic heterocycles. The number of hydrogen-bond donors (Lipinski definition) is 3. The van der Waals surface area contributed by atoms with Gasteiger partial charge in [-0.15, -0.1) is 0 Å². The minimum absolute atomic E-state index is 0.0211. The molecule has 0 spiro atoms. The second-order valence-electron chi connectivity index (χ2n) is 5.72. The van der Waals surface area contributed by atoms with E-state index in [1.165, 1.54) is 0 Å². The molecule has 0 bridgehead atoms. The molecule has 2 rings (SSSR count). The second kappa shape index (κ2) is 7.43. The largest absolute Gasteiger partial charge is 0.394 e. The van der Waals surface area contributed by atoms with Crippen molar-refractivity contribution in [3.05, 3.63) is 29.8 Å². The third kappa shape index (κ3) is 4.19. The Kier molecular flexibility index (Phi) is 5.59. The molecular weight excluding hydrogens is 266 g/mol. The van der Waals surface area contributed by atoms with Crippen LogP contribution in [0.3, 0.4) is 0 Å². The van der Waals surface area contributed by atoms with Crippen LogP contribution >= 0.6 is 0 Å². The van der Waals surface area contributed by atoms with Gasteiger partial charge in [0.05, 0.1) is 12.6 Å². The lowest BCUT2D eigenvalue weighted by Gasteiger charge is -2.28. The monoisotopic (exact) mass is 291 g/mol. The molecule has 1 aromatic rings. The fourth-order valence-corrected chi connectivity index (χ4v) is 2.73. The molecule has 1 aromatic carbocycles. The quantitative estimate of drug-likeness (QED) is 0.800. The number of rotatable bonds is 3. The number of amides is 2. The molecule has 2 amide bonds. The van der Waals surface area contributed by atoms with Crippen molar-refractivity contribution >= 4 is 11.7 Å². The normalized spacial score (nSPS) is 20.7. The molecule has 1 heterocycles. The first kappa shape index (κ1) is 15.8. The Morgan fingerprint density at radius 3 is 3.00 bits per heavy atom. The topological polar surface area (TPSA) is 78.6 Å². The molecule has 2 unspecified atom stereocenters. The highest BCUT2D eigenvalue weighted by Gasteiger charge is 2.24. The Balaban J connectivity index is 2.07. The first-order chi connectivity index (χ1) is 10.1. The number of nitrogens with zero attached hydrogens (tertiary/aromatic N) is 1. The average Bonchev–Trinajstić information content (AvgIpc) is 2.72. The summed E-state index contributed by atoms with van der Waals surface area (Å²) >= 11 is 0. The minimum Gasteiger partial charge on any atom is -0.394 e. The Bertz CT molecular complexity index is 476. The number of carbonyl (C=O) groups excluding carboxylic acids is 1. The molecular formula is C16H25N3O2. The van der Waals surface area contributed by atoms with Crippen molar-refractivity contribution in [3.63, 3.8) is 0 Å². The number of benzene rings is 1. The van der Waals surface area contributed by atoms with Crippen LogP contribution in [0.4, 0.5) is 10.5 Å². The summed E-state index contributed by atoms with van der Waals surface area (Å²) in [6.07, 6.45) is 4.03. The lowest BCUT2D eigenvalue weighted by molar-refractivity contribution is 0.142. The van der Waals surface area contributed by atoms with Gasteiger partial charge in [0.1, 0.15) is 0 Å². The smallest absolute Gasteiger partial charge is 0.322 e. The van der Waals surface area contributed by atoms with E-state index in [9.17, 15) is 9.90 Å². The zero-order chi connectivity index (χ0) is 15.2. The maximum atomic E-state index is 12.4. The van der Waals surface area contributed by atoms with Crippen LogP contribution in [-0.4, -0.2) is 35.2 Å². The maximum Gasteiger partial charge on any atom is 0.322 e. The molecule has 0 saturated carbocycles. The fourth-order valence-electron chi connectivity index (χ4n) is 2.73. The van der Waals surface area contributed by atoms with Gasteiger partial charge in [-0.25, -0.2) is 4.79 Å². The number of likely N-dealkylation sites (tertiary alicyclic amines) is 1. The van der Waals surface area contributed by atoms with E-state index in [2.05, 4.69) is 5.32 Å². The number of carbonyl (C=O) groups is 1. The molecule has 1 fully saturated rings. The van der Waals surface area contributed by atoms with Gasteiger partial charge < -0.3 is 21.1 Å². The minimum atomic E-state index is -0.141. The van der Waals surface area contributed by atoms with Gasteiger partial charge in [0.2, 0.25) is 0 Å². The third-order valence-electron chi connectivity index (χ3n) is 4.01. The molecule has 0 aromatic heterocycles. The molecule has 5 nitrogen and oxygen atoms in total. The van der Waals surface area contributed by atoms with Gasteiger partial charge in [0.25, 0.3) is 0 Å². The highest BCUT2D eigenvalue weighted by atomic mass is 16.3. The summed E-state index contributed by atoms with van der Waals surface area (Å²) in [7, 11) is 0. The van der Waals surface area contributed by atoms with E-state index in [0.29, 0.717) is 6.54 Å². The summed E-state index contributed by atoms with van der Waals surface area (Å²) in [5.74, 6) is 0. The highest BCUT2D eigenvalue weighted by molar-refractivity contribution is 5.89. The van der Waals surface area contributed by atoms with Crippen molar-refractivity contribution in [2.75, 3.05) is 18.5 Å². The molecule has 5 heteroatoms. The van der Waals surface area contributed by atoms with E-state index in [1.54, 1.807) is 4.90 Å². The van der Waals surface area contributed by atoms with Gasteiger partial charge in [-0.05, 0) is 37.5 Å². The van der Waals surface area contributed by atoms with E-state index < -0.39 is 0 Å². The van der Waals surface area contributed by atoms with Crippen molar-refractivity contribution in [1.82, 2.24) is 4.90 Å². The molecule has 1 saturated heterocycles. The fraction of sp³-hybridized carbons (Fsp3) is 0.562. The van der Waals surface area contributed by atoms with Crippen LogP contribution in [0.15, 0.2) is 24.3 Å². The summed E-state index contributed by atoms with van der Waals surface area (Å²) in [5, 5.41) is 12.4. The molecule has 21 heavy (non-hydrogen) atoms. The predicted octanol–water partition coefficient (Wildman–Crippen LogP) is 2.48. The molecule has 116 valence electrons. The van der Waals surface area contributed by atoms with Gasteiger partial charge >= 0.3 is 6.03 Å². The van der Waals surface area contributed by atoms with E-state index >= 15 is 0 Å². The van der Waals surface area contributed by atoms with Crippen LogP contribution in [0.2, 0.25) is 0 Å². The number of hydrogen-bond acceptors (Lipinski definition) is 3. The summed E-state index contributed by atoms with van der Waals surface area (Å²) in [5.41, 5.74) is 7.60. The van der Waals surface area contributed by atoms with Gasteiger partial charge in [-0.2, -0.15) is 0 Å². The summed E-state index contributed by atoms with van der Waals surface area (Å²) < 4.78 is 0. The standard InChI is InChI=1S/C16H25N3O2/c1-12(17)13-6-5-7-14(10-13)18-16(21)19-9-4-2-3-8-15(19)11-20/h5-7,10,12,15,20H,2-4,8-9,11,17H2,1H3,(H,18,21). The number of aliphatic hydroxyl groups excluding tert-OH is 1. The van der Waals surface area contributed by atoms with Crippen LogP contribution < -0.4 is 11.1 Å². The van der Waals surface area contributed by atoms with Crippen LogP contribution in [0, 0.1) is 0 Å². The van der Waals surface area contributed by atoms with Gasteiger partial charge in [-0.3, -0.25) is 0 Å². The lowest BCUT2D eigenvalue weighted by Crippen LogP contribution is -2.44. The number of anilines is 1. The molecule has 4 N–H and O–H groups in total. The lowest BCUT2D eigenvalue weighted by atomic mass is 10.1. The van der Waals surface area contributed by atoms with Gasteiger partial charge in [0.15, 0.2) is 0 Å². The molecule has 2 atom stereocenters. The van der Waals surface area contributed by atoms with E-state index in [1.807, 2.05) is 31.2 Å². The number of nitrogens with two attached hydrogens (primary N) is 1. The van der Waals surface area contributed by atoms with Crippen LogP contribution in [0.5, 0.6) is 0 Å². The van der Waals surface area contributed by atoms with Crippen molar-refractivity contribution in [3.8, 4) is 0 Å². The second-order valence-corrected chi connectivity index (χ2v) is 5.72. The molecule has 0 radical (unpaired) electrons. The van der Waals surface area contributed by atoms with Crippen molar-refractivity contribution in [2.45, 2.75) is 44.7 Å². The van der Waals surface area contributed by atoms with Crippen LogP contribution in [0.1, 0.15) is 44.2 Å². The Morgan fingerprint density at radius 1 is 1.48 bits per heavy atom. The van der Waals surface area contributed by atoms with Crippen LogP contribution in [-0.2, 0) is 0 Å². The van der Waals surface area contributed by atoms with Crippen molar-refractivity contribution in [2.24, 2.45) is 5.73 Å². The Morgan fingerprint density at radius 2 is 2.29 bits per heavy atom. The number of nitrogens with one attached hydrogen (secondary N) is 1. The number of aliphatic hydroxyl groups is 1.